The second-order valence-corrected chi connectivity index (χ2v) is 5.09. The van der Waals surface area contributed by atoms with Gasteiger partial charge in [-0.3, -0.25) is 4.79 Å². The van der Waals surface area contributed by atoms with Crippen LogP contribution in [0.2, 0.25) is 0 Å². The molecule has 3 nitrogen and oxygen atoms in total. The maximum Gasteiger partial charge on any atom is 0.225 e. The summed E-state index contributed by atoms with van der Waals surface area (Å²) < 4.78 is 13.1. The van der Waals surface area contributed by atoms with Gasteiger partial charge >= 0.3 is 0 Å². The molecule has 0 spiro atoms. The van der Waals surface area contributed by atoms with E-state index in [0.29, 0.717) is 5.56 Å². The first-order chi connectivity index (χ1) is 10.1. The molecular formula is C16H15FN2OS. The van der Waals surface area contributed by atoms with Crippen molar-refractivity contribution in [2.75, 3.05) is 0 Å². The molecule has 3 N–H and O–H groups in total. The molecule has 2 aromatic carbocycles. The van der Waals surface area contributed by atoms with E-state index in [1.807, 2.05) is 30.3 Å². The highest BCUT2D eigenvalue weighted by Gasteiger charge is 2.17. The lowest BCUT2D eigenvalue weighted by Crippen LogP contribution is -2.37. The normalized spacial score (nSPS) is 11.7. The molecule has 108 valence electrons. The van der Waals surface area contributed by atoms with Crippen LogP contribution in [0.15, 0.2) is 54.6 Å². The van der Waals surface area contributed by atoms with Crippen LogP contribution < -0.4 is 11.1 Å². The minimum absolute atomic E-state index is 0.0731. The fourth-order valence-corrected chi connectivity index (χ4v) is 2.20. The van der Waals surface area contributed by atoms with Gasteiger partial charge in [-0.25, -0.2) is 4.39 Å². The number of nitrogens with one attached hydrogen (secondary N) is 1. The second kappa shape index (κ2) is 6.95. The number of rotatable bonds is 5. The van der Waals surface area contributed by atoms with Gasteiger partial charge in [-0.05, 0) is 23.3 Å². The molecule has 2 aromatic rings. The number of thiocarbonyl (C=S) groups is 1. The predicted octanol–water partition coefficient (Wildman–Crippen LogP) is 2.51. The first-order valence-electron chi connectivity index (χ1n) is 6.44. The zero-order valence-electron chi connectivity index (χ0n) is 11.3. The highest BCUT2D eigenvalue weighted by Crippen LogP contribution is 2.13. The van der Waals surface area contributed by atoms with E-state index in [4.69, 9.17) is 18.0 Å². The summed E-state index contributed by atoms with van der Waals surface area (Å²) in [5, 5.41) is 2.77. The molecule has 0 saturated carbocycles. The Balaban J connectivity index is 2.07. The third-order valence-corrected chi connectivity index (χ3v) is 3.21. The SMILES string of the molecule is NC(=S)C(NC(=O)Cc1cccc(F)c1)c1ccccc1. The molecule has 21 heavy (non-hydrogen) atoms. The van der Waals surface area contributed by atoms with E-state index in [9.17, 15) is 9.18 Å². The topological polar surface area (TPSA) is 55.1 Å². The summed E-state index contributed by atoms with van der Waals surface area (Å²) in [6.07, 6.45) is 0.0731. The van der Waals surface area contributed by atoms with Crippen LogP contribution in [0, 0.1) is 5.82 Å². The fourth-order valence-electron chi connectivity index (χ4n) is 2.01. The lowest BCUT2D eigenvalue weighted by atomic mass is 10.1. The van der Waals surface area contributed by atoms with E-state index in [2.05, 4.69) is 5.32 Å². The van der Waals surface area contributed by atoms with Gasteiger partial charge in [0, 0.05) is 0 Å². The monoisotopic (exact) mass is 302 g/mol. The molecule has 1 atom stereocenters. The Bertz CT molecular complexity index is 646. The van der Waals surface area contributed by atoms with Gasteiger partial charge in [-0.15, -0.1) is 0 Å². The molecule has 5 heteroatoms. The standard InChI is InChI=1S/C16H15FN2OS/c17-13-8-4-5-11(9-13)10-14(20)19-15(16(18)21)12-6-2-1-3-7-12/h1-9,15H,10H2,(H2,18,21)(H,19,20). The van der Waals surface area contributed by atoms with Crippen LogP contribution in [-0.4, -0.2) is 10.9 Å². The van der Waals surface area contributed by atoms with Crippen LogP contribution >= 0.6 is 12.2 Å². The molecule has 1 unspecified atom stereocenters. The molecule has 0 bridgehead atoms. The van der Waals surface area contributed by atoms with Crippen LogP contribution in [0.5, 0.6) is 0 Å². The smallest absolute Gasteiger partial charge is 0.225 e. The van der Waals surface area contributed by atoms with Crippen molar-refractivity contribution >= 4 is 23.1 Å². The minimum Gasteiger partial charge on any atom is -0.391 e. The van der Waals surface area contributed by atoms with E-state index < -0.39 is 6.04 Å². The van der Waals surface area contributed by atoms with Gasteiger partial charge in [0.2, 0.25) is 5.91 Å². The Morgan fingerprint density at radius 1 is 1.19 bits per heavy atom. The maximum atomic E-state index is 13.1. The number of hydrogen-bond donors (Lipinski definition) is 2. The Labute approximate surface area is 128 Å². The van der Waals surface area contributed by atoms with Crippen molar-refractivity contribution in [2.24, 2.45) is 5.73 Å². The Morgan fingerprint density at radius 2 is 1.90 bits per heavy atom. The molecule has 0 aliphatic heterocycles. The zero-order chi connectivity index (χ0) is 15.2. The number of halogens is 1. The summed E-state index contributed by atoms with van der Waals surface area (Å²) >= 11 is 5.01. The van der Waals surface area contributed by atoms with Crippen LogP contribution in [0.4, 0.5) is 4.39 Å². The Kier molecular flexibility index (Phi) is 5.00. The van der Waals surface area contributed by atoms with Crippen LogP contribution in [0.1, 0.15) is 17.2 Å². The molecule has 0 heterocycles. The molecule has 0 fully saturated rings. The van der Waals surface area contributed by atoms with Gasteiger partial charge in [-0.1, -0.05) is 54.7 Å². The van der Waals surface area contributed by atoms with Crippen LogP contribution in [0.3, 0.4) is 0 Å². The number of benzene rings is 2. The van der Waals surface area contributed by atoms with Gasteiger partial charge in [0.05, 0.1) is 6.42 Å². The van der Waals surface area contributed by atoms with Gasteiger partial charge < -0.3 is 11.1 Å². The summed E-state index contributed by atoms with van der Waals surface area (Å²) in [5.41, 5.74) is 7.11. The quantitative estimate of drug-likeness (QED) is 0.835. The average molecular weight is 302 g/mol. The van der Waals surface area contributed by atoms with Gasteiger partial charge in [0.25, 0.3) is 0 Å². The molecule has 2 rings (SSSR count). The summed E-state index contributed by atoms with van der Waals surface area (Å²) in [7, 11) is 0. The lowest BCUT2D eigenvalue weighted by molar-refractivity contribution is -0.120. The van der Waals surface area contributed by atoms with Crippen molar-refractivity contribution < 1.29 is 9.18 Å². The van der Waals surface area contributed by atoms with Gasteiger partial charge in [0.1, 0.15) is 16.8 Å². The van der Waals surface area contributed by atoms with Crippen molar-refractivity contribution in [3.8, 4) is 0 Å². The third kappa shape index (κ3) is 4.36. The van der Waals surface area contributed by atoms with E-state index >= 15 is 0 Å². The third-order valence-electron chi connectivity index (χ3n) is 2.98. The number of carbonyl (C=O) groups is 1. The van der Waals surface area contributed by atoms with Crippen LogP contribution in [-0.2, 0) is 11.2 Å². The van der Waals surface area contributed by atoms with Crippen molar-refractivity contribution in [1.29, 1.82) is 0 Å². The number of carbonyl (C=O) groups excluding carboxylic acids is 1. The minimum atomic E-state index is -0.526. The zero-order valence-corrected chi connectivity index (χ0v) is 12.1. The number of amides is 1. The van der Waals surface area contributed by atoms with Crippen LogP contribution in [0.25, 0.3) is 0 Å². The second-order valence-electron chi connectivity index (χ2n) is 4.62. The molecule has 0 aliphatic rings. The highest BCUT2D eigenvalue weighted by atomic mass is 32.1. The molecular weight excluding hydrogens is 287 g/mol. The predicted molar refractivity (Wildman–Crippen MR) is 84.2 cm³/mol. The van der Waals surface area contributed by atoms with Crippen molar-refractivity contribution in [3.05, 3.63) is 71.5 Å². The summed E-state index contributed by atoms with van der Waals surface area (Å²) in [4.78, 5) is 12.3. The molecule has 0 aliphatic carbocycles. The van der Waals surface area contributed by atoms with E-state index in [1.165, 1.54) is 12.1 Å². The summed E-state index contributed by atoms with van der Waals surface area (Å²) in [6.45, 7) is 0. The van der Waals surface area contributed by atoms with Crippen molar-refractivity contribution in [1.82, 2.24) is 5.32 Å². The van der Waals surface area contributed by atoms with Crippen molar-refractivity contribution in [3.63, 3.8) is 0 Å². The maximum absolute atomic E-state index is 13.1. The Hall–Kier alpha value is -2.27. The fraction of sp³-hybridized carbons (Fsp3) is 0.125. The Morgan fingerprint density at radius 3 is 2.52 bits per heavy atom. The summed E-state index contributed by atoms with van der Waals surface area (Å²) in [5.74, 6) is -0.628. The van der Waals surface area contributed by atoms with Gasteiger partial charge in [-0.2, -0.15) is 0 Å². The molecule has 1 amide bonds. The number of nitrogens with two attached hydrogens (primary N) is 1. The van der Waals surface area contributed by atoms with E-state index in [1.54, 1.807) is 12.1 Å². The first-order valence-corrected chi connectivity index (χ1v) is 6.85. The average Bonchev–Trinajstić information content (AvgIpc) is 2.45. The molecule has 0 saturated heterocycles. The first kappa shape index (κ1) is 15.1. The lowest BCUT2D eigenvalue weighted by Gasteiger charge is -2.18. The number of hydrogen-bond acceptors (Lipinski definition) is 2. The molecule has 0 radical (unpaired) electrons. The van der Waals surface area contributed by atoms with E-state index in [0.717, 1.165) is 5.56 Å². The van der Waals surface area contributed by atoms with Gasteiger partial charge in [0.15, 0.2) is 0 Å². The summed E-state index contributed by atoms with van der Waals surface area (Å²) in [6, 6.07) is 14.6. The molecule has 0 aromatic heterocycles. The van der Waals surface area contributed by atoms with E-state index in [-0.39, 0.29) is 23.1 Å². The van der Waals surface area contributed by atoms with Crippen molar-refractivity contribution in [2.45, 2.75) is 12.5 Å². The largest absolute Gasteiger partial charge is 0.391 e. The highest BCUT2D eigenvalue weighted by molar-refractivity contribution is 7.80.